The first kappa shape index (κ1) is 15.6. The second kappa shape index (κ2) is 7.19. The number of thiocarbonyl (C=S) groups is 1. The summed E-state index contributed by atoms with van der Waals surface area (Å²) in [7, 11) is 3.26. The van der Waals surface area contributed by atoms with Gasteiger partial charge in [0.25, 0.3) is 0 Å². The Morgan fingerprint density at radius 1 is 1.05 bits per heavy atom. The van der Waals surface area contributed by atoms with Crippen molar-refractivity contribution in [1.29, 1.82) is 0 Å². The Balaban J connectivity index is 2.77. The molecule has 1 atom stereocenters. The normalized spacial score (nSPS) is 11.9. The van der Waals surface area contributed by atoms with E-state index in [-0.39, 0.29) is 6.04 Å². The molecule has 0 heterocycles. The number of rotatable bonds is 5. The molecule has 0 fully saturated rings. The van der Waals surface area contributed by atoms with Crippen LogP contribution in [-0.2, 0) is 0 Å². The predicted octanol–water partition coefficient (Wildman–Crippen LogP) is 2.64. The number of nitrogens with one attached hydrogen (secondary N) is 2. The van der Waals surface area contributed by atoms with Gasteiger partial charge in [0.1, 0.15) is 0 Å². The van der Waals surface area contributed by atoms with Gasteiger partial charge in [-0.05, 0) is 50.7 Å². The van der Waals surface area contributed by atoms with Crippen molar-refractivity contribution in [3.05, 3.63) is 23.8 Å². The molecule has 0 bridgehead atoms. The highest BCUT2D eigenvalue weighted by molar-refractivity contribution is 7.80. The fraction of sp³-hybridized carbons (Fsp3) is 0.500. The van der Waals surface area contributed by atoms with Gasteiger partial charge in [-0.25, -0.2) is 0 Å². The maximum atomic E-state index is 5.30. The first-order chi connectivity index (χ1) is 8.97. The molecule has 5 heteroatoms. The quantitative estimate of drug-likeness (QED) is 0.813. The van der Waals surface area contributed by atoms with Gasteiger partial charge < -0.3 is 20.1 Å². The summed E-state index contributed by atoms with van der Waals surface area (Å²) in [5, 5.41) is 7.05. The lowest BCUT2D eigenvalue weighted by Crippen LogP contribution is -2.40. The first-order valence-corrected chi connectivity index (χ1v) is 6.67. The topological polar surface area (TPSA) is 42.5 Å². The van der Waals surface area contributed by atoms with E-state index in [9.17, 15) is 0 Å². The molecule has 0 aliphatic carbocycles. The molecule has 106 valence electrons. The molecule has 0 aliphatic rings. The van der Waals surface area contributed by atoms with E-state index in [4.69, 9.17) is 21.7 Å². The van der Waals surface area contributed by atoms with Gasteiger partial charge in [0.05, 0.1) is 20.3 Å². The van der Waals surface area contributed by atoms with Crippen molar-refractivity contribution in [3.63, 3.8) is 0 Å². The minimum Gasteiger partial charge on any atom is -0.493 e. The molecule has 19 heavy (non-hydrogen) atoms. The summed E-state index contributed by atoms with van der Waals surface area (Å²) in [6.07, 6.45) is 0. The Labute approximate surface area is 120 Å². The fourth-order valence-corrected chi connectivity index (χ4v) is 2.12. The average Bonchev–Trinajstić information content (AvgIpc) is 2.36. The molecular formula is C14H22N2O2S. The zero-order valence-corrected chi connectivity index (χ0v) is 12.9. The van der Waals surface area contributed by atoms with Crippen LogP contribution in [0.5, 0.6) is 11.5 Å². The van der Waals surface area contributed by atoms with Crippen molar-refractivity contribution in [2.75, 3.05) is 14.2 Å². The van der Waals surface area contributed by atoms with Gasteiger partial charge in [0.15, 0.2) is 16.6 Å². The Hall–Kier alpha value is -1.49. The zero-order chi connectivity index (χ0) is 14.4. The van der Waals surface area contributed by atoms with Crippen molar-refractivity contribution in [2.45, 2.75) is 32.9 Å². The van der Waals surface area contributed by atoms with Crippen molar-refractivity contribution in [3.8, 4) is 11.5 Å². The van der Waals surface area contributed by atoms with E-state index in [0.717, 1.165) is 17.1 Å². The van der Waals surface area contributed by atoms with Crippen molar-refractivity contribution in [2.24, 2.45) is 0 Å². The second-order valence-electron chi connectivity index (χ2n) is 4.61. The van der Waals surface area contributed by atoms with Crippen LogP contribution in [-0.4, -0.2) is 25.4 Å². The lowest BCUT2D eigenvalue weighted by molar-refractivity contribution is 0.354. The Morgan fingerprint density at radius 3 is 2.21 bits per heavy atom. The molecule has 1 aromatic carbocycles. The van der Waals surface area contributed by atoms with Crippen LogP contribution in [0.25, 0.3) is 0 Å². The molecule has 4 nitrogen and oxygen atoms in total. The Bertz CT molecular complexity index is 435. The van der Waals surface area contributed by atoms with E-state index in [0.29, 0.717) is 11.2 Å². The third-order valence-electron chi connectivity index (χ3n) is 2.67. The largest absolute Gasteiger partial charge is 0.493 e. The molecule has 1 rings (SSSR count). The highest BCUT2D eigenvalue weighted by Gasteiger charge is 2.11. The van der Waals surface area contributed by atoms with E-state index in [1.807, 2.05) is 18.2 Å². The molecule has 1 unspecified atom stereocenters. The summed E-state index contributed by atoms with van der Waals surface area (Å²) in [4.78, 5) is 0. The summed E-state index contributed by atoms with van der Waals surface area (Å²) in [5.74, 6) is 1.44. The molecule has 0 radical (unpaired) electrons. The summed E-state index contributed by atoms with van der Waals surface area (Å²) >= 11 is 5.24. The van der Waals surface area contributed by atoms with Crippen LogP contribution in [0.4, 0.5) is 0 Å². The smallest absolute Gasteiger partial charge is 0.166 e. The van der Waals surface area contributed by atoms with Crippen molar-refractivity contribution < 1.29 is 9.47 Å². The predicted molar refractivity (Wildman–Crippen MR) is 82.0 cm³/mol. The van der Waals surface area contributed by atoms with Crippen LogP contribution in [0, 0.1) is 0 Å². The minimum atomic E-state index is 0.0959. The molecule has 0 aromatic heterocycles. The highest BCUT2D eigenvalue weighted by atomic mass is 32.1. The molecule has 0 saturated heterocycles. The number of benzene rings is 1. The first-order valence-electron chi connectivity index (χ1n) is 6.26. The minimum absolute atomic E-state index is 0.0959. The molecule has 0 saturated carbocycles. The van der Waals surface area contributed by atoms with E-state index >= 15 is 0 Å². The van der Waals surface area contributed by atoms with Gasteiger partial charge in [-0.1, -0.05) is 6.07 Å². The molecule has 0 amide bonds. The highest BCUT2D eigenvalue weighted by Crippen LogP contribution is 2.29. The summed E-state index contributed by atoms with van der Waals surface area (Å²) < 4.78 is 10.5. The van der Waals surface area contributed by atoms with Gasteiger partial charge in [0, 0.05) is 6.04 Å². The summed E-state index contributed by atoms with van der Waals surface area (Å²) in [5.41, 5.74) is 1.09. The van der Waals surface area contributed by atoms with Crippen LogP contribution < -0.4 is 20.1 Å². The van der Waals surface area contributed by atoms with E-state index < -0.39 is 0 Å². The van der Waals surface area contributed by atoms with Crippen LogP contribution in [0.3, 0.4) is 0 Å². The van der Waals surface area contributed by atoms with Gasteiger partial charge in [-0.2, -0.15) is 0 Å². The third kappa shape index (κ3) is 4.59. The van der Waals surface area contributed by atoms with Gasteiger partial charge in [-0.3, -0.25) is 0 Å². The van der Waals surface area contributed by atoms with Gasteiger partial charge in [0.2, 0.25) is 0 Å². The molecule has 0 aliphatic heterocycles. The maximum absolute atomic E-state index is 5.30. The fourth-order valence-electron chi connectivity index (χ4n) is 1.71. The molecule has 1 aromatic rings. The number of hydrogen-bond donors (Lipinski definition) is 2. The molecule has 0 spiro atoms. The zero-order valence-electron chi connectivity index (χ0n) is 12.1. The van der Waals surface area contributed by atoms with Crippen molar-refractivity contribution in [1.82, 2.24) is 10.6 Å². The van der Waals surface area contributed by atoms with Gasteiger partial charge >= 0.3 is 0 Å². The van der Waals surface area contributed by atoms with Crippen LogP contribution in [0.1, 0.15) is 32.4 Å². The SMILES string of the molecule is COc1ccc(C(C)NC(=S)NC(C)C)cc1OC. The van der Waals surface area contributed by atoms with Crippen LogP contribution in [0.2, 0.25) is 0 Å². The van der Waals surface area contributed by atoms with E-state index in [2.05, 4.69) is 31.4 Å². The van der Waals surface area contributed by atoms with Crippen molar-refractivity contribution >= 4 is 17.3 Å². The van der Waals surface area contributed by atoms with E-state index in [1.54, 1.807) is 14.2 Å². The molecule has 2 N–H and O–H groups in total. The summed E-state index contributed by atoms with van der Waals surface area (Å²) in [6, 6.07) is 6.26. The number of hydrogen-bond acceptors (Lipinski definition) is 3. The Kier molecular flexibility index (Phi) is 5.89. The standard InChI is InChI=1S/C14H22N2O2S/c1-9(2)15-14(19)16-10(3)11-6-7-12(17-4)13(8-11)18-5/h6-10H,1-5H3,(H2,15,16,19). The second-order valence-corrected chi connectivity index (χ2v) is 5.02. The van der Waals surface area contributed by atoms with E-state index in [1.165, 1.54) is 0 Å². The average molecular weight is 282 g/mol. The number of methoxy groups -OCH3 is 2. The lowest BCUT2D eigenvalue weighted by atomic mass is 10.1. The third-order valence-corrected chi connectivity index (χ3v) is 2.91. The van der Waals surface area contributed by atoms with Crippen LogP contribution in [0.15, 0.2) is 18.2 Å². The lowest BCUT2D eigenvalue weighted by Gasteiger charge is -2.20. The Morgan fingerprint density at radius 2 is 1.68 bits per heavy atom. The number of ether oxygens (including phenoxy) is 2. The monoisotopic (exact) mass is 282 g/mol. The van der Waals surface area contributed by atoms with Crippen LogP contribution >= 0.6 is 12.2 Å². The molecular weight excluding hydrogens is 260 g/mol. The summed E-state index contributed by atoms with van der Waals surface area (Å²) in [6.45, 7) is 6.15. The van der Waals surface area contributed by atoms with Gasteiger partial charge in [-0.15, -0.1) is 0 Å². The maximum Gasteiger partial charge on any atom is 0.166 e.